The molecule has 1 aliphatic carbocycles. The van der Waals surface area contributed by atoms with E-state index in [-0.39, 0.29) is 13.0 Å². The lowest BCUT2D eigenvalue weighted by molar-refractivity contribution is -0.136. The summed E-state index contributed by atoms with van der Waals surface area (Å²) in [5.41, 5.74) is 11.8. The molecule has 0 bridgehead atoms. The van der Waals surface area contributed by atoms with E-state index in [9.17, 15) is 9.90 Å². The van der Waals surface area contributed by atoms with Crippen LogP contribution in [0.15, 0.2) is 66.7 Å². The third kappa shape index (κ3) is 4.76. The second-order valence-electron chi connectivity index (χ2n) is 8.68. The molecule has 33 heavy (non-hydrogen) atoms. The molecular weight excluding hydrogens is 414 g/mol. The van der Waals surface area contributed by atoms with Gasteiger partial charge in [-0.05, 0) is 59.7 Å². The van der Waals surface area contributed by atoms with E-state index in [4.69, 9.17) is 15.6 Å². The van der Waals surface area contributed by atoms with E-state index in [2.05, 4.69) is 35.0 Å². The summed E-state index contributed by atoms with van der Waals surface area (Å²) in [5.74, 6) is 0.394. The van der Waals surface area contributed by atoms with Crippen molar-refractivity contribution in [2.75, 3.05) is 0 Å². The molecule has 4 aromatic rings. The molecule has 5 rings (SSSR count). The van der Waals surface area contributed by atoms with E-state index in [1.54, 1.807) is 6.07 Å². The summed E-state index contributed by atoms with van der Waals surface area (Å²) in [4.78, 5) is 11.2. The van der Waals surface area contributed by atoms with Gasteiger partial charge in [0.2, 0.25) is 0 Å². The summed E-state index contributed by atoms with van der Waals surface area (Å²) in [5, 5.41) is 15.2. The highest BCUT2D eigenvalue weighted by molar-refractivity contribution is 5.87. The number of hydrogen-bond donors (Lipinski definition) is 2. The highest BCUT2D eigenvalue weighted by atomic mass is 16.5. The summed E-state index contributed by atoms with van der Waals surface area (Å²) in [6.07, 6.45) is 2.42. The molecular formula is C27H27N3O3. The lowest BCUT2D eigenvalue weighted by Crippen LogP contribution is -2.05. The smallest absolute Gasteiger partial charge is 0.307 e. The van der Waals surface area contributed by atoms with Gasteiger partial charge in [0.15, 0.2) is 0 Å². The van der Waals surface area contributed by atoms with E-state index >= 15 is 0 Å². The Bertz CT molecular complexity index is 1310. The maximum absolute atomic E-state index is 11.2. The maximum atomic E-state index is 11.2. The van der Waals surface area contributed by atoms with Crippen molar-refractivity contribution < 1.29 is 14.6 Å². The first-order chi connectivity index (χ1) is 16.1. The molecule has 0 saturated heterocycles. The molecule has 168 valence electrons. The molecule has 0 spiro atoms. The fraction of sp³-hybridized carbons (Fsp3) is 0.259. The average molecular weight is 442 g/mol. The molecule has 0 radical (unpaired) electrons. The third-order valence-electron chi connectivity index (χ3n) is 6.13. The van der Waals surface area contributed by atoms with Crippen molar-refractivity contribution in [2.24, 2.45) is 11.7 Å². The molecule has 1 saturated carbocycles. The summed E-state index contributed by atoms with van der Waals surface area (Å²) >= 11 is 0. The molecule has 0 unspecified atom stereocenters. The van der Waals surface area contributed by atoms with Crippen molar-refractivity contribution in [3.8, 4) is 16.9 Å². The molecule has 0 aliphatic heterocycles. The quantitative estimate of drug-likeness (QED) is 0.390. The van der Waals surface area contributed by atoms with Crippen LogP contribution >= 0.6 is 0 Å². The monoisotopic (exact) mass is 441 g/mol. The van der Waals surface area contributed by atoms with Crippen LogP contribution in [0.4, 0.5) is 0 Å². The Morgan fingerprint density at radius 3 is 2.67 bits per heavy atom. The molecule has 1 heterocycles. The first-order valence-electron chi connectivity index (χ1n) is 11.3. The zero-order valence-corrected chi connectivity index (χ0v) is 18.4. The van der Waals surface area contributed by atoms with Crippen LogP contribution in [0.2, 0.25) is 0 Å². The highest BCUT2D eigenvalue weighted by Gasteiger charge is 2.24. The first-order valence-corrected chi connectivity index (χ1v) is 11.3. The van der Waals surface area contributed by atoms with Crippen LogP contribution in [-0.4, -0.2) is 20.9 Å². The van der Waals surface area contributed by atoms with E-state index in [0.717, 1.165) is 39.8 Å². The lowest BCUT2D eigenvalue weighted by atomic mass is 10.0. The van der Waals surface area contributed by atoms with Crippen LogP contribution in [-0.2, 0) is 30.9 Å². The van der Waals surface area contributed by atoms with Gasteiger partial charge in [-0.2, -0.15) is 5.10 Å². The minimum absolute atomic E-state index is 0.0747. The highest BCUT2D eigenvalue weighted by Crippen LogP contribution is 2.34. The van der Waals surface area contributed by atoms with Crippen molar-refractivity contribution in [2.45, 2.75) is 39.0 Å². The predicted molar refractivity (Wildman–Crippen MR) is 128 cm³/mol. The van der Waals surface area contributed by atoms with Crippen molar-refractivity contribution in [3.05, 3.63) is 83.6 Å². The van der Waals surface area contributed by atoms with Gasteiger partial charge in [0.25, 0.3) is 0 Å². The van der Waals surface area contributed by atoms with Gasteiger partial charge < -0.3 is 15.6 Å². The zero-order chi connectivity index (χ0) is 22.8. The molecule has 1 fully saturated rings. The minimum atomic E-state index is -0.880. The normalized spacial score (nSPS) is 13.4. The number of fused-ring (bicyclic) bond motifs is 1. The van der Waals surface area contributed by atoms with E-state index in [0.29, 0.717) is 23.8 Å². The van der Waals surface area contributed by atoms with Gasteiger partial charge in [0, 0.05) is 24.0 Å². The topological polar surface area (TPSA) is 90.4 Å². The second-order valence-corrected chi connectivity index (χ2v) is 8.68. The largest absolute Gasteiger partial charge is 0.487 e. The molecule has 0 atom stereocenters. The fourth-order valence-electron chi connectivity index (χ4n) is 4.19. The van der Waals surface area contributed by atoms with Gasteiger partial charge in [0.1, 0.15) is 18.1 Å². The number of nitrogens with two attached hydrogens (primary N) is 1. The number of ether oxygens (including phenoxy) is 1. The predicted octanol–water partition coefficient (Wildman–Crippen LogP) is 4.78. The van der Waals surface area contributed by atoms with E-state index in [1.165, 1.54) is 12.8 Å². The lowest BCUT2D eigenvalue weighted by Gasteiger charge is -2.09. The molecule has 3 aromatic carbocycles. The summed E-state index contributed by atoms with van der Waals surface area (Å²) in [6.45, 7) is 1.69. The standard InChI is InChI=1S/C27H27N3O3/c28-15-19-4-3-6-20(12-19)21-10-11-25-23(13-21)24(29-30(25)16-18-8-9-18)17-33-26-7-2-1-5-22(26)14-27(31)32/h1-7,10-13,18H,8-9,14-17,28H2,(H,31,32). The van der Waals surface area contributed by atoms with Crippen LogP contribution in [0.5, 0.6) is 5.75 Å². The van der Waals surface area contributed by atoms with Gasteiger partial charge in [-0.25, -0.2) is 0 Å². The molecule has 1 aliphatic rings. The average Bonchev–Trinajstić information content (AvgIpc) is 3.59. The van der Waals surface area contributed by atoms with Crippen molar-refractivity contribution >= 4 is 16.9 Å². The van der Waals surface area contributed by atoms with Gasteiger partial charge >= 0.3 is 5.97 Å². The third-order valence-corrected chi connectivity index (χ3v) is 6.13. The number of carbonyl (C=O) groups is 1. The van der Waals surface area contributed by atoms with E-state index < -0.39 is 5.97 Å². The van der Waals surface area contributed by atoms with Crippen LogP contribution in [0.3, 0.4) is 0 Å². The van der Waals surface area contributed by atoms with Gasteiger partial charge in [-0.15, -0.1) is 0 Å². The van der Waals surface area contributed by atoms with Crippen molar-refractivity contribution in [3.63, 3.8) is 0 Å². The number of benzene rings is 3. The molecule has 6 heteroatoms. The number of rotatable bonds is 9. The number of aliphatic carboxylic acids is 1. The second kappa shape index (κ2) is 9.08. The number of carboxylic acids is 1. The summed E-state index contributed by atoms with van der Waals surface area (Å²) < 4.78 is 8.18. The molecule has 3 N–H and O–H groups in total. The van der Waals surface area contributed by atoms with Crippen LogP contribution < -0.4 is 10.5 Å². The fourth-order valence-corrected chi connectivity index (χ4v) is 4.19. The number of para-hydroxylation sites is 1. The number of hydrogen-bond acceptors (Lipinski definition) is 4. The number of carboxylic acid groups (broad SMARTS) is 1. The maximum Gasteiger partial charge on any atom is 0.307 e. The summed E-state index contributed by atoms with van der Waals surface area (Å²) in [7, 11) is 0. The Morgan fingerprint density at radius 2 is 1.88 bits per heavy atom. The van der Waals surface area contributed by atoms with Crippen LogP contribution in [0, 0.1) is 5.92 Å². The van der Waals surface area contributed by atoms with Crippen LogP contribution in [0.25, 0.3) is 22.0 Å². The zero-order valence-electron chi connectivity index (χ0n) is 18.4. The number of nitrogens with zero attached hydrogens (tertiary/aromatic N) is 2. The Kier molecular flexibility index (Phi) is 5.84. The van der Waals surface area contributed by atoms with Gasteiger partial charge in [-0.3, -0.25) is 9.48 Å². The Labute approximate surface area is 192 Å². The first kappa shape index (κ1) is 21.2. The van der Waals surface area contributed by atoms with Gasteiger partial charge in [-0.1, -0.05) is 42.5 Å². The minimum Gasteiger partial charge on any atom is -0.487 e. The summed E-state index contributed by atoms with van der Waals surface area (Å²) in [6, 6.07) is 22.0. The Balaban J connectivity index is 1.49. The Morgan fingerprint density at radius 1 is 1.06 bits per heavy atom. The molecule has 6 nitrogen and oxygen atoms in total. The number of aromatic nitrogens is 2. The van der Waals surface area contributed by atoms with Crippen LogP contribution in [0.1, 0.15) is 29.7 Å². The Hall–Kier alpha value is -3.64. The SMILES string of the molecule is NCc1cccc(-c2ccc3c(c2)c(COc2ccccc2CC(=O)O)nn3CC2CC2)c1. The van der Waals surface area contributed by atoms with Crippen molar-refractivity contribution in [1.29, 1.82) is 0 Å². The van der Waals surface area contributed by atoms with E-state index in [1.807, 2.05) is 30.3 Å². The van der Waals surface area contributed by atoms with Gasteiger partial charge in [0.05, 0.1) is 11.9 Å². The molecule has 0 amide bonds. The van der Waals surface area contributed by atoms with Crippen molar-refractivity contribution in [1.82, 2.24) is 9.78 Å². The molecule has 1 aromatic heterocycles.